The number of hydrogen-bond donors (Lipinski definition) is 1. The minimum atomic E-state index is -3.73. The van der Waals surface area contributed by atoms with Gasteiger partial charge in [0.05, 0.1) is 10.9 Å². The zero-order valence-corrected chi connectivity index (χ0v) is 18.0. The van der Waals surface area contributed by atoms with E-state index in [1.807, 2.05) is 6.92 Å². The molecule has 2 aromatic carbocycles. The van der Waals surface area contributed by atoms with E-state index in [0.717, 1.165) is 29.0 Å². The highest BCUT2D eigenvalue weighted by Gasteiger charge is 2.38. The normalized spacial score (nSPS) is 17.1. The summed E-state index contributed by atoms with van der Waals surface area (Å²) in [6.45, 7) is 2.22. The van der Waals surface area contributed by atoms with E-state index >= 15 is 0 Å². The molecular formula is C20H18F2N4O3S2. The van der Waals surface area contributed by atoms with Gasteiger partial charge in [-0.3, -0.25) is 4.79 Å². The van der Waals surface area contributed by atoms with Crippen molar-refractivity contribution in [1.29, 1.82) is 0 Å². The fourth-order valence-corrected chi connectivity index (χ4v) is 5.95. The van der Waals surface area contributed by atoms with Crippen molar-refractivity contribution in [3.8, 4) is 0 Å². The summed E-state index contributed by atoms with van der Waals surface area (Å²) >= 11 is 0.974. The molecule has 0 radical (unpaired) electrons. The molecule has 1 fully saturated rings. The van der Waals surface area contributed by atoms with Crippen LogP contribution in [0.15, 0.2) is 47.4 Å². The highest BCUT2D eigenvalue weighted by Crippen LogP contribution is 2.37. The second-order valence-corrected chi connectivity index (χ2v) is 10.0. The number of carbonyl (C=O) groups is 1. The van der Waals surface area contributed by atoms with Crippen LogP contribution in [-0.4, -0.2) is 35.4 Å². The molecule has 2 heterocycles. The van der Waals surface area contributed by atoms with Crippen LogP contribution >= 0.6 is 11.3 Å². The number of carbonyl (C=O) groups excluding carboxylic acids is 1. The van der Waals surface area contributed by atoms with Crippen LogP contribution in [-0.2, 0) is 10.0 Å². The first-order valence-electron chi connectivity index (χ1n) is 9.44. The molecule has 1 aliphatic rings. The van der Waals surface area contributed by atoms with E-state index in [1.54, 1.807) is 24.3 Å². The van der Waals surface area contributed by atoms with E-state index in [0.29, 0.717) is 24.4 Å². The molecule has 162 valence electrons. The molecule has 1 amide bonds. The molecule has 31 heavy (non-hydrogen) atoms. The van der Waals surface area contributed by atoms with Crippen molar-refractivity contribution in [2.45, 2.75) is 30.7 Å². The fraction of sp³-hybridized carbons (Fsp3) is 0.250. The monoisotopic (exact) mass is 464 g/mol. The summed E-state index contributed by atoms with van der Waals surface area (Å²) in [6, 6.07) is 9.10. The van der Waals surface area contributed by atoms with Gasteiger partial charge in [0.1, 0.15) is 5.01 Å². The lowest BCUT2D eigenvalue weighted by atomic mass is 10.2. The van der Waals surface area contributed by atoms with Crippen molar-refractivity contribution in [2.75, 3.05) is 11.9 Å². The van der Waals surface area contributed by atoms with E-state index in [4.69, 9.17) is 0 Å². The Morgan fingerprint density at radius 1 is 1.13 bits per heavy atom. The molecule has 4 rings (SSSR count). The van der Waals surface area contributed by atoms with Crippen LogP contribution in [0.5, 0.6) is 0 Å². The Bertz CT molecular complexity index is 1230. The molecule has 1 aromatic heterocycles. The molecule has 3 aromatic rings. The molecule has 1 atom stereocenters. The third-order valence-corrected chi connectivity index (χ3v) is 7.87. The summed E-state index contributed by atoms with van der Waals surface area (Å²) in [7, 11) is -3.73. The van der Waals surface area contributed by atoms with Gasteiger partial charge in [-0.1, -0.05) is 29.0 Å². The van der Waals surface area contributed by atoms with Gasteiger partial charge in [0, 0.05) is 18.3 Å². The molecular weight excluding hydrogens is 446 g/mol. The number of aromatic nitrogens is 2. The number of sulfonamides is 1. The van der Waals surface area contributed by atoms with Crippen molar-refractivity contribution in [2.24, 2.45) is 0 Å². The van der Waals surface area contributed by atoms with E-state index in [1.165, 1.54) is 10.4 Å². The first-order valence-corrected chi connectivity index (χ1v) is 11.7. The lowest BCUT2D eigenvalue weighted by Crippen LogP contribution is -2.30. The van der Waals surface area contributed by atoms with Gasteiger partial charge in [-0.05, 0) is 44.0 Å². The molecule has 1 aliphatic heterocycles. The van der Waals surface area contributed by atoms with Crippen molar-refractivity contribution < 1.29 is 22.0 Å². The summed E-state index contributed by atoms with van der Waals surface area (Å²) in [5.74, 6) is -2.74. The van der Waals surface area contributed by atoms with E-state index in [2.05, 4.69) is 15.5 Å². The van der Waals surface area contributed by atoms with Crippen molar-refractivity contribution in [3.63, 3.8) is 0 Å². The number of aryl methyl sites for hydroxylation is 1. The topological polar surface area (TPSA) is 92.3 Å². The number of nitrogens with zero attached hydrogens (tertiary/aromatic N) is 3. The third-order valence-electron chi connectivity index (χ3n) is 4.93. The summed E-state index contributed by atoms with van der Waals surface area (Å²) < 4.78 is 54.0. The van der Waals surface area contributed by atoms with Gasteiger partial charge in [-0.15, -0.1) is 10.2 Å². The number of nitrogens with one attached hydrogen (secondary N) is 1. The number of rotatable bonds is 5. The van der Waals surface area contributed by atoms with Gasteiger partial charge in [0.15, 0.2) is 11.6 Å². The van der Waals surface area contributed by atoms with Crippen LogP contribution in [0.4, 0.5) is 14.5 Å². The van der Waals surface area contributed by atoms with Gasteiger partial charge >= 0.3 is 0 Å². The zero-order chi connectivity index (χ0) is 22.2. The average Bonchev–Trinajstić information content (AvgIpc) is 3.40. The molecule has 1 saturated heterocycles. The Labute approximate surface area is 181 Å². The van der Waals surface area contributed by atoms with Crippen LogP contribution in [0.1, 0.15) is 39.3 Å². The maximum absolute atomic E-state index is 13.3. The van der Waals surface area contributed by atoms with E-state index in [9.17, 15) is 22.0 Å². The second-order valence-electron chi connectivity index (χ2n) is 7.12. The Kier molecular flexibility index (Phi) is 5.82. The van der Waals surface area contributed by atoms with Crippen LogP contribution in [0.3, 0.4) is 0 Å². The molecule has 1 N–H and O–H groups in total. The van der Waals surface area contributed by atoms with Gasteiger partial charge in [0.25, 0.3) is 5.91 Å². The number of amides is 1. The van der Waals surface area contributed by atoms with Crippen LogP contribution in [0, 0.1) is 18.6 Å². The van der Waals surface area contributed by atoms with E-state index in [-0.39, 0.29) is 15.6 Å². The van der Waals surface area contributed by atoms with Crippen molar-refractivity contribution in [1.82, 2.24) is 14.5 Å². The number of benzene rings is 2. The van der Waals surface area contributed by atoms with E-state index < -0.39 is 33.6 Å². The molecule has 0 aliphatic carbocycles. The quantitative estimate of drug-likeness (QED) is 0.618. The Balaban J connectivity index is 1.54. The first-order chi connectivity index (χ1) is 14.8. The zero-order valence-electron chi connectivity index (χ0n) is 16.4. The smallest absolute Gasteiger partial charge is 0.286 e. The fourth-order valence-electron chi connectivity index (χ4n) is 3.34. The summed E-state index contributed by atoms with van der Waals surface area (Å²) in [5, 5.41) is 10.7. The van der Waals surface area contributed by atoms with Gasteiger partial charge < -0.3 is 5.32 Å². The molecule has 11 heteroatoms. The maximum atomic E-state index is 13.3. The van der Waals surface area contributed by atoms with Crippen molar-refractivity contribution >= 4 is 33.0 Å². The third kappa shape index (κ3) is 4.34. The molecule has 0 bridgehead atoms. The molecule has 7 nitrogen and oxygen atoms in total. The standard InChI is InChI=1S/C20H18F2N4O3S2/c1-12-4-7-14(8-5-12)31(28,29)26-10-2-3-17(26)19-24-25-20(30-19)18(27)23-13-6-9-15(21)16(22)11-13/h4-9,11,17H,2-3,10H2,1H3,(H,23,27)/t17-/m1/s1. The lowest BCUT2D eigenvalue weighted by molar-refractivity contribution is 0.102. The summed E-state index contributed by atoms with van der Waals surface area (Å²) in [4.78, 5) is 12.6. The minimum absolute atomic E-state index is 0.000632. The van der Waals surface area contributed by atoms with Gasteiger partial charge in [0.2, 0.25) is 15.0 Å². The SMILES string of the molecule is Cc1ccc(S(=O)(=O)N2CCC[C@@H]2c2nnc(C(=O)Nc3ccc(F)c(F)c3)s2)cc1. The predicted molar refractivity (Wildman–Crippen MR) is 111 cm³/mol. The molecule has 0 unspecified atom stereocenters. The highest BCUT2D eigenvalue weighted by atomic mass is 32.2. The summed E-state index contributed by atoms with van der Waals surface area (Å²) in [6.07, 6.45) is 1.22. The van der Waals surface area contributed by atoms with Crippen LogP contribution < -0.4 is 5.32 Å². The van der Waals surface area contributed by atoms with Gasteiger partial charge in [-0.2, -0.15) is 4.31 Å². The Morgan fingerprint density at radius 3 is 2.58 bits per heavy atom. The Morgan fingerprint density at radius 2 is 1.87 bits per heavy atom. The Hall–Kier alpha value is -2.76. The average molecular weight is 465 g/mol. The lowest BCUT2D eigenvalue weighted by Gasteiger charge is -2.22. The predicted octanol–water partition coefficient (Wildman–Crippen LogP) is 3.90. The first kappa shape index (κ1) is 21.5. The minimum Gasteiger partial charge on any atom is -0.320 e. The highest BCUT2D eigenvalue weighted by molar-refractivity contribution is 7.89. The summed E-state index contributed by atoms with van der Waals surface area (Å²) in [5.41, 5.74) is 1.03. The van der Waals surface area contributed by atoms with Gasteiger partial charge in [-0.25, -0.2) is 17.2 Å². The van der Waals surface area contributed by atoms with Crippen LogP contribution in [0.25, 0.3) is 0 Å². The second kappa shape index (κ2) is 8.40. The largest absolute Gasteiger partial charge is 0.320 e. The maximum Gasteiger partial charge on any atom is 0.286 e. The number of hydrogen-bond acceptors (Lipinski definition) is 6. The number of anilines is 1. The van der Waals surface area contributed by atoms with Crippen LogP contribution in [0.2, 0.25) is 0 Å². The number of halogens is 2. The molecule has 0 spiro atoms. The van der Waals surface area contributed by atoms with Crippen molar-refractivity contribution in [3.05, 3.63) is 69.7 Å². The molecule has 0 saturated carbocycles.